The second kappa shape index (κ2) is 10.5. The zero-order valence-electron chi connectivity index (χ0n) is 24.1. The highest BCUT2D eigenvalue weighted by Gasteiger charge is 2.48. The fraction of sp³-hybridized carbons (Fsp3) is 0.156. The van der Waals surface area contributed by atoms with Crippen molar-refractivity contribution in [3.63, 3.8) is 0 Å². The number of aliphatic hydroxyl groups is 1. The summed E-state index contributed by atoms with van der Waals surface area (Å²) in [5, 5.41) is 24.8. The number of aromatic carboxylic acids is 1. The molecule has 1 unspecified atom stereocenters. The summed E-state index contributed by atoms with van der Waals surface area (Å²) in [4.78, 5) is 45.2. The van der Waals surface area contributed by atoms with Gasteiger partial charge in [0.05, 0.1) is 36.2 Å². The topological polar surface area (TPSA) is 161 Å². The number of fused-ring (bicyclic) bond motifs is 5. The summed E-state index contributed by atoms with van der Waals surface area (Å²) in [5.74, 6) is -3.38. The molecule has 3 aromatic carbocycles. The number of carboxylic acid groups (broad SMARTS) is 1. The Morgan fingerprint density at radius 2 is 1.83 bits per heavy atom. The highest BCUT2D eigenvalue weighted by molar-refractivity contribution is 6.20. The van der Waals surface area contributed by atoms with Gasteiger partial charge in [-0.25, -0.2) is 4.79 Å². The first-order chi connectivity index (χ1) is 22.3. The predicted molar refractivity (Wildman–Crippen MR) is 166 cm³/mol. The smallest absolute Gasteiger partial charge is 0.432 e. The molecule has 0 radical (unpaired) electrons. The molecule has 5 N–H and O–H groups in total. The van der Waals surface area contributed by atoms with Crippen LogP contribution in [0.3, 0.4) is 0 Å². The molecule has 0 bridgehead atoms. The average Bonchev–Trinajstić information content (AvgIpc) is 3.80. The maximum absolute atomic E-state index is 13.8. The Morgan fingerprint density at radius 3 is 2.53 bits per heavy atom. The van der Waals surface area contributed by atoms with Crippen LogP contribution >= 0.6 is 11.6 Å². The number of nitrogens with zero attached hydrogens (tertiary/aromatic N) is 1. The summed E-state index contributed by atoms with van der Waals surface area (Å²) >= 11 is 6.11. The summed E-state index contributed by atoms with van der Waals surface area (Å²) in [7, 11) is 1.43. The number of ether oxygens (including phenoxy) is 1. The summed E-state index contributed by atoms with van der Waals surface area (Å²) in [6.07, 6.45) is -5.03. The number of aromatic amines is 2. The molecular weight excluding hydrogens is 645 g/mol. The molecule has 0 fully saturated rings. The molecule has 1 aliphatic heterocycles. The number of β-amino-alcohol motifs (C(OH)–C–C–N with tert-alkyl or cyclic N) is 1. The first kappa shape index (κ1) is 30.2. The van der Waals surface area contributed by atoms with Gasteiger partial charge >= 0.3 is 12.1 Å². The van der Waals surface area contributed by atoms with E-state index in [0.29, 0.717) is 27.6 Å². The van der Waals surface area contributed by atoms with Crippen LogP contribution in [-0.4, -0.2) is 57.5 Å². The number of alkyl halides is 4. The maximum Gasteiger partial charge on any atom is 0.432 e. The van der Waals surface area contributed by atoms with Crippen molar-refractivity contribution in [2.75, 3.05) is 29.8 Å². The van der Waals surface area contributed by atoms with Crippen molar-refractivity contribution in [2.24, 2.45) is 0 Å². The molecule has 7 rings (SSSR count). The second-order valence-corrected chi connectivity index (χ2v) is 11.3. The molecule has 240 valence electrons. The van der Waals surface area contributed by atoms with Gasteiger partial charge in [-0.15, -0.1) is 11.6 Å². The number of halogens is 4. The molecular formula is C32H22ClF3N4O7. The molecule has 0 saturated heterocycles. The number of furan rings is 1. The quantitative estimate of drug-likeness (QED) is 0.128. The number of H-pyrrole nitrogens is 2. The maximum atomic E-state index is 13.8. The van der Waals surface area contributed by atoms with Crippen LogP contribution in [0.15, 0.2) is 65.1 Å². The van der Waals surface area contributed by atoms with E-state index >= 15 is 0 Å². The van der Waals surface area contributed by atoms with Gasteiger partial charge in [0.1, 0.15) is 22.6 Å². The van der Waals surface area contributed by atoms with Crippen molar-refractivity contribution < 1.29 is 46.9 Å². The molecule has 1 aliphatic rings. The first-order valence-electron chi connectivity index (χ1n) is 13.9. The summed E-state index contributed by atoms with van der Waals surface area (Å²) in [6, 6.07) is 15.9. The van der Waals surface area contributed by atoms with E-state index in [9.17, 15) is 37.8 Å². The zero-order valence-corrected chi connectivity index (χ0v) is 24.8. The third-order valence-corrected chi connectivity index (χ3v) is 8.59. The number of amides is 2. The van der Waals surface area contributed by atoms with Gasteiger partial charge in [-0.3, -0.25) is 9.59 Å². The molecule has 11 nitrogen and oxygen atoms in total. The fourth-order valence-corrected chi connectivity index (χ4v) is 6.37. The lowest BCUT2D eigenvalue weighted by atomic mass is 9.92. The number of nitrogens with one attached hydrogen (secondary N) is 3. The lowest BCUT2D eigenvalue weighted by Crippen LogP contribution is -2.38. The van der Waals surface area contributed by atoms with Crippen LogP contribution in [0.1, 0.15) is 42.7 Å². The minimum atomic E-state index is -5.03. The molecule has 3 aromatic heterocycles. The number of carboxylic acids is 1. The van der Waals surface area contributed by atoms with Crippen molar-refractivity contribution >= 4 is 73.5 Å². The molecule has 6 aromatic rings. The van der Waals surface area contributed by atoms with Crippen LogP contribution in [0.25, 0.3) is 32.8 Å². The lowest BCUT2D eigenvalue weighted by Gasteiger charge is -2.22. The SMILES string of the molecule is COc1c(C(=O)Nc2ccc3[nH]c(C(=O)N4CC(O)(CCl)c5c4ccc4[nH]c(C(F)(F)F)c(C(=O)O)c54)cc3c2)oc2ccccc12. The van der Waals surface area contributed by atoms with Gasteiger partial charge in [0.15, 0.2) is 5.75 Å². The van der Waals surface area contributed by atoms with E-state index in [-0.39, 0.29) is 39.4 Å². The van der Waals surface area contributed by atoms with Crippen LogP contribution in [0.2, 0.25) is 0 Å². The summed E-state index contributed by atoms with van der Waals surface area (Å²) in [5.41, 5.74) is -3.61. The van der Waals surface area contributed by atoms with Gasteiger partial charge in [-0.05, 0) is 48.5 Å². The highest BCUT2D eigenvalue weighted by Crippen LogP contribution is 2.48. The number of aromatic nitrogens is 2. The summed E-state index contributed by atoms with van der Waals surface area (Å²) < 4.78 is 52.4. The van der Waals surface area contributed by atoms with Gasteiger partial charge in [0.2, 0.25) is 5.76 Å². The Kier molecular flexibility index (Phi) is 6.77. The standard InChI is InChI=1S/C32H22ClF3N4O7/c1-46-25-16-4-2-3-5-21(16)47-26(25)28(41)37-15-6-7-17-14(10-15)11-19(38-17)29(42)40-13-31(45,12-33)24-20(40)9-8-18-22(24)23(30(43)44)27(39-18)32(34,35)36/h2-11,38-39,45H,12-13H2,1H3,(H,37,41)(H,43,44). The minimum absolute atomic E-state index is 0.00673. The highest BCUT2D eigenvalue weighted by atomic mass is 35.5. The number of rotatable bonds is 6. The second-order valence-electron chi connectivity index (χ2n) is 11.0. The number of anilines is 2. The molecule has 15 heteroatoms. The van der Waals surface area contributed by atoms with Crippen LogP contribution in [-0.2, 0) is 11.8 Å². The van der Waals surface area contributed by atoms with Crippen molar-refractivity contribution in [1.82, 2.24) is 9.97 Å². The van der Waals surface area contributed by atoms with Crippen LogP contribution in [0.4, 0.5) is 24.5 Å². The number of para-hydroxylation sites is 1. The van der Waals surface area contributed by atoms with Gasteiger partial charge in [-0.1, -0.05) is 12.1 Å². The van der Waals surface area contributed by atoms with E-state index < -0.39 is 53.2 Å². The summed E-state index contributed by atoms with van der Waals surface area (Å²) in [6.45, 7) is -0.453. The van der Waals surface area contributed by atoms with Crippen LogP contribution < -0.4 is 15.0 Å². The van der Waals surface area contributed by atoms with Crippen molar-refractivity contribution in [1.29, 1.82) is 0 Å². The largest absolute Gasteiger partial charge is 0.492 e. The van der Waals surface area contributed by atoms with E-state index in [4.69, 9.17) is 20.8 Å². The fourth-order valence-electron chi connectivity index (χ4n) is 6.15. The molecule has 47 heavy (non-hydrogen) atoms. The minimum Gasteiger partial charge on any atom is -0.492 e. The average molecular weight is 667 g/mol. The third-order valence-electron chi connectivity index (χ3n) is 8.15. The molecule has 0 aliphatic carbocycles. The van der Waals surface area contributed by atoms with Gasteiger partial charge in [0.25, 0.3) is 11.8 Å². The van der Waals surface area contributed by atoms with E-state index in [0.717, 1.165) is 4.90 Å². The number of hydrogen-bond donors (Lipinski definition) is 5. The number of hydrogen-bond acceptors (Lipinski definition) is 6. The van der Waals surface area contributed by atoms with E-state index in [1.807, 2.05) is 0 Å². The number of benzene rings is 3. The predicted octanol–water partition coefficient (Wildman–Crippen LogP) is 6.46. The zero-order chi connectivity index (χ0) is 33.4. The van der Waals surface area contributed by atoms with Gasteiger partial charge in [-0.2, -0.15) is 13.2 Å². The van der Waals surface area contributed by atoms with Crippen molar-refractivity contribution in [2.45, 2.75) is 11.8 Å². The van der Waals surface area contributed by atoms with E-state index in [2.05, 4.69) is 15.3 Å². The Balaban J connectivity index is 1.23. The Labute approximate surface area is 266 Å². The molecule has 0 spiro atoms. The van der Waals surface area contributed by atoms with Gasteiger partial charge < -0.3 is 39.6 Å². The third kappa shape index (κ3) is 4.67. The Bertz CT molecular complexity index is 2290. The Morgan fingerprint density at radius 1 is 1.09 bits per heavy atom. The van der Waals surface area contributed by atoms with Crippen LogP contribution in [0.5, 0.6) is 5.75 Å². The molecule has 1 atom stereocenters. The number of methoxy groups -OCH3 is 1. The number of carbonyl (C=O) groups is 3. The Hall–Kier alpha value is -5.47. The normalized spacial score (nSPS) is 16.3. The molecule has 0 saturated carbocycles. The number of carbonyl (C=O) groups excluding carboxylic acids is 2. The van der Waals surface area contributed by atoms with E-state index in [1.165, 1.54) is 25.3 Å². The lowest BCUT2D eigenvalue weighted by molar-refractivity contribution is -0.141. The first-order valence-corrected chi connectivity index (χ1v) is 14.5. The van der Waals surface area contributed by atoms with Crippen molar-refractivity contribution in [3.05, 3.63) is 88.9 Å². The van der Waals surface area contributed by atoms with E-state index in [1.54, 1.807) is 42.5 Å². The molecule has 4 heterocycles. The van der Waals surface area contributed by atoms with Crippen LogP contribution in [0, 0.1) is 0 Å². The monoisotopic (exact) mass is 666 g/mol. The van der Waals surface area contributed by atoms with Crippen molar-refractivity contribution in [3.8, 4) is 5.75 Å². The van der Waals surface area contributed by atoms with Gasteiger partial charge in [0, 0.05) is 33.1 Å². The molecule has 2 amide bonds.